The van der Waals surface area contributed by atoms with Crippen LogP contribution in [0.3, 0.4) is 0 Å². The summed E-state index contributed by atoms with van der Waals surface area (Å²) < 4.78 is 1.18. The molecule has 0 bridgehead atoms. The first kappa shape index (κ1) is 9.91. The van der Waals surface area contributed by atoms with E-state index >= 15 is 0 Å². The van der Waals surface area contributed by atoms with Crippen LogP contribution in [-0.2, 0) is 0 Å². The standard InChI is InChI=1S/C14H10N2OS/c17-13-11-10-6-5-8-3-1-2-4-9(8)12(10)18-14(11)16-7-15-13/h1-6,16H,7H2,(H,15,17). The Bertz CT molecular complexity index is 791. The van der Waals surface area contributed by atoms with Crippen LogP contribution >= 0.6 is 11.3 Å². The van der Waals surface area contributed by atoms with E-state index < -0.39 is 0 Å². The van der Waals surface area contributed by atoms with E-state index in [1.165, 1.54) is 15.5 Å². The number of anilines is 1. The fraction of sp³-hybridized carbons (Fsp3) is 0.0714. The molecule has 18 heavy (non-hydrogen) atoms. The zero-order chi connectivity index (χ0) is 12.1. The highest BCUT2D eigenvalue weighted by Crippen LogP contribution is 2.40. The summed E-state index contributed by atoms with van der Waals surface area (Å²) in [5.41, 5.74) is 0.784. The Morgan fingerprint density at radius 1 is 1.00 bits per heavy atom. The van der Waals surface area contributed by atoms with Gasteiger partial charge in [0, 0.05) is 10.1 Å². The van der Waals surface area contributed by atoms with Gasteiger partial charge in [-0.15, -0.1) is 11.3 Å². The van der Waals surface area contributed by atoms with Crippen molar-refractivity contribution < 1.29 is 4.79 Å². The Morgan fingerprint density at radius 3 is 2.83 bits per heavy atom. The smallest absolute Gasteiger partial charge is 0.256 e. The fourth-order valence-electron chi connectivity index (χ4n) is 2.47. The van der Waals surface area contributed by atoms with Crippen LogP contribution in [0.5, 0.6) is 0 Å². The summed E-state index contributed by atoms with van der Waals surface area (Å²) >= 11 is 1.66. The van der Waals surface area contributed by atoms with Crippen LogP contribution in [0.1, 0.15) is 10.4 Å². The molecule has 0 atom stereocenters. The highest BCUT2D eigenvalue weighted by atomic mass is 32.1. The van der Waals surface area contributed by atoms with Crippen molar-refractivity contribution >= 4 is 43.1 Å². The van der Waals surface area contributed by atoms with Crippen LogP contribution in [0.2, 0.25) is 0 Å². The summed E-state index contributed by atoms with van der Waals surface area (Å²) in [6.45, 7) is 0.511. The van der Waals surface area contributed by atoms with Crippen molar-refractivity contribution in [2.75, 3.05) is 12.0 Å². The largest absolute Gasteiger partial charge is 0.359 e. The third-order valence-corrected chi connectivity index (χ3v) is 4.50. The van der Waals surface area contributed by atoms with Crippen molar-refractivity contribution in [2.45, 2.75) is 0 Å². The number of benzene rings is 2. The van der Waals surface area contributed by atoms with E-state index in [0.29, 0.717) is 6.67 Å². The van der Waals surface area contributed by atoms with Crippen molar-refractivity contribution in [3.05, 3.63) is 42.0 Å². The second-order valence-corrected chi connectivity index (χ2v) is 5.35. The maximum Gasteiger partial charge on any atom is 0.256 e. The molecule has 88 valence electrons. The summed E-state index contributed by atoms with van der Waals surface area (Å²) in [5.74, 6) is 0.0188. The van der Waals surface area contributed by atoms with E-state index in [9.17, 15) is 4.79 Å². The second-order valence-electron chi connectivity index (χ2n) is 4.33. The van der Waals surface area contributed by atoms with Crippen molar-refractivity contribution in [3.63, 3.8) is 0 Å². The first-order valence-electron chi connectivity index (χ1n) is 5.81. The summed E-state index contributed by atoms with van der Waals surface area (Å²) in [7, 11) is 0. The van der Waals surface area contributed by atoms with Crippen molar-refractivity contribution in [3.8, 4) is 0 Å². The lowest BCUT2D eigenvalue weighted by molar-refractivity contribution is 0.0955. The lowest BCUT2D eigenvalue weighted by Crippen LogP contribution is -2.33. The first-order chi connectivity index (χ1) is 8.84. The van der Waals surface area contributed by atoms with Gasteiger partial charge < -0.3 is 10.6 Å². The van der Waals surface area contributed by atoms with Gasteiger partial charge in [-0.2, -0.15) is 0 Å². The maximum atomic E-state index is 12.0. The quantitative estimate of drug-likeness (QED) is 0.647. The second kappa shape index (κ2) is 3.46. The third kappa shape index (κ3) is 1.21. The molecular weight excluding hydrogens is 244 g/mol. The van der Waals surface area contributed by atoms with Gasteiger partial charge in [0.15, 0.2) is 0 Å². The van der Waals surface area contributed by atoms with Gasteiger partial charge in [-0.1, -0.05) is 36.4 Å². The topological polar surface area (TPSA) is 41.1 Å². The van der Waals surface area contributed by atoms with Gasteiger partial charge in [0.05, 0.1) is 12.2 Å². The minimum atomic E-state index is 0.0188. The molecule has 2 N–H and O–H groups in total. The number of nitrogens with one attached hydrogen (secondary N) is 2. The highest BCUT2D eigenvalue weighted by molar-refractivity contribution is 7.24. The molecule has 2 heterocycles. The van der Waals surface area contributed by atoms with Gasteiger partial charge in [-0.3, -0.25) is 4.79 Å². The molecule has 1 amide bonds. The number of amides is 1. The lowest BCUT2D eigenvalue weighted by Gasteiger charge is -2.14. The third-order valence-electron chi connectivity index (χ3n) is 3.31. The molecule has 0 saturated heterocycles. The summed E-state index contributed by atoms with van der Waals surface area (Å²) in [4.78, 5) is 12.0. The van der Waals surface area contributed by atoms with Crippen molar-refractivity contribution in [2.24, 2.45) is 0 Å². The highest BCUT2D eigenvalue weighted by Gasteiger charge is 2.22. The van der Waals surface area contributed by atoms with Gasteiger partial charge in [0.25, 0.3) is 5.91 Å². The van der Waals surface area contributed by atoms with Crippen LogP contribution < -0.4 is 10.6 Å². The van der Waals surface area contributed by atoms with Crippen LogP contribution in [-0.4, -0.2) is 12.6 Å². The molecule has 1 aromatic heterocycles. The fourth-order valence-corrected chi connectivity index (χ4v) is 3.70. The van der Waals surface area contributed by atoms with Gasteiger partial charge >= 0.3 is 0 Å². The SMILES string of the molecule is O=C1NCNc2sc3c(ccc4ccccc43)c21. The molecular formula is C14H10N2OS. The summed E-state index contributed by atoms with van der Waals surface area (Å²) in [6, 6.07) is 12.4. The average molecular weight is 254 g/mol. The molecule has 0 aliphatic carbocycles. The monoisotopic (exact) mass is 254 g/mol. The molecule has 1 aliphatic heterocycles. The molecule has 4 rings (SSSR count). The van der Waals surface area contributed by atoms with Gasteiger partial charge in [0.2, 0.25) is 0 Å². The molecule has 1 aliphatic rings. The number of fused-ring (bicyclic) bond motifs is 5. The zero-order valence-corrected chi connectivity index (χ0v) is 10.3. The number of carbonyl (C=O) groups is 1. The van der Waals surface area contributed by atoms with Crippen molar-refractivity contribution in [1.29, 1.82) is 0 Å². The number of rotatable bonds is 0. The molecule has 3 nitrogen and oxygen atoms in total. The minimum absolute atomic E-state index is 0.0188. The Kier molecular flexibility index (Phi) is 1.91. The number of carbonyl (C=O) groups excluding carboxylic acids is 1. The van der Waals surface area contributed by atoms with Crippen LogP contribution in [0.15, 0.2) is 36.4 Å². The molecule has 0 saturated carbocycles. The lowest BCUT2D eigenvalue weighted by atomic mass is 10.1. The van der Waals surface area contributed by atoms with Crippen molar-refractivity contribution in [1.82, 2.24) is 5.32 Å². The normalized spacial score (nSPS) is 14.3. The zero-order valence-electron chi connectivity index (χ0n) is 9.49. The Morgan fingerprint density at radius 2 is 1.89 bits per heavy atom. The van der Waals surface area contributed by atoms with Gasteiger partial charge in [-0.05, 0) is 10.8 Å². The Balaban J connectivity index is 2.19. The molecule has 0 unspecified atom stereocenters. The molecule has 2 aromatic carbocycles. The number of thiophene rings is 1. The molecule has 0 spiro atoms. The van der Waals surface area contributed by atoms with E-state index in [2.05, 4.69) is 28.8 Å². The molecule has 3 aromatic rings. The average Bonchev–Trinajstić information content (AvgIpc) is 2.79. The number of hydrogen-bond donors (Lipinski definition) is 2. The molecule has 0 radical (unpaired) electrons. The van der Waals surface area contributed by atoms with Crippen LogP contribution in [0.4, 0.5) is 5.00 Å². The minimum Gasteiger partial charge on any atom is -0.359 e. The Labute approximate surface area is 107 Å². The van der Waals surface area contributed by atoms with Crippen LogP contribution in [0, 0.1) is 0 Å². The molecule has 0 fully saturated rings. The Hall–Kier alpha value is -2.07. The maximum absolute atomic E-state index is 12.0. The number of hydrogen-bond acceptors (Lipinski definition) is 3. The predicted octanol–water partition coefficient (Wildman–Crippen LogP) is 3.17. The van der Waals surface area contributed by atoms with Gasteiger partial charge in [0.1, 0.15) is 5.00 Å². The summed E-state index contributed by atoms with van der Waals surface area (Å²) in [5, 5.41) is 10.5. The van der Waals surface area contributed by atoms with E-state index in [1.807, 2.05) is 18.2 Å². The van der Waals surface area contributed by atoms with E-state index in [0.717, 1.165) is 16.0 Å². The van der Waals surface area contributed by atoms with E-state index in [1.54, 1.807) is 11.3 Å². The van der Waals surface area contributed by atoms with Crippen LogP contribution in [0.25, 0.3) is 20.9 Å². The summed E-state index contributed by atoms with van der Waals surface area (Å²) in [6.07, 6.45) is 0. The van der Waals surface area contributed by atoms with E-state index in [4.69, 9.17) is 0 Å². The van der Waals surface area contributed by atoms with Gasteiger partial charge in [-0.25, -0.2) is 0 Å². The first-order valence-corrected chi connectivity index (χ1v) is 6.62. The predicted molar refractivity (Wildman–Crippen MR) is 75.3 cm³/mol. The van der Waals surface area contributed by atoms with E-state index in [-0.39, 0.29) is 5.91 Å². The molecule has 4 heteroatoms.